The monoisotopic (exact) mass is 499 g/mol. The summed E-state index contributed by atoms with van der Waals surface area (Å²) in [6.45, 7) is 6.30. The fourth-order valence-electron chi connectivity index (χ4n) is 5.75. The SMILES string of the molecule is C[C@@H](c1ccc(-c2ccc(=O)n(C3CC3)c2)cc1)N1CCCC(CC(C)(C)O)(c2ccccc2)NC1=O. The van der Waals surface area contributed by atoms with Gasteiger partial charge in [0.1, 0.15) is 0 Å². The number of carbonyl (C=O) groups is 1. The van der Waals surface area contributed by atoms with Gasteiger partial charge in [-0.1, -0.05) is 54.6 Å². The molecule has 0 spiro atoms. The summed E-state index contributed by atoms with van der Waals surface area (Å²) in [7, 11) is 0. The fraction of sp³-hybridized carbons (Fsp3) is 0.419. The molecule has 5 rings (SSSR count). The van der Waals surface area contributed by atoms with Crippen molar-refractivity contribution >= 4 is 6.03 Å². The molecule has 2 fully saturated rings. The molecule has 1 saturated carbocycles. The van der Waals surface area contributed by atoms with Crippen molar-refractivity contribution in [2.24, 2.45) is 0 Å². The zero-order valence-electron chi connectivity index (χ0n) is 22.0. The molecule has 0 bridgehead atoms. The van der Waals surface area contributed by atoms with E-state index in [2.05, 4.69) is 36.5 Å². The van der Waals surface area contributed by atoms with Gasteiger partial charge in [0.05, 0.1) is 17.2 Å². The van der Waals surface area contributed by atoms with E-state index in [1.807, 2.05) is 52.1 Å². The van der Waals surface area contributed by atoms with E-state index in [0.717, 1.165) is 47.9 Å². The van der Waals surface area contributed by atoms with E-state index >= 15 is 0 Å². The van der Waals surface area contributed by atoms with Crippen molar-refractivity contribution in [1.29, 1.82) is 0 Å². The highest BCUT2D eigenvalue weighted by molar-refractivity contribution is 5.76. The van der Waals surface area contributed by atoms with Crippen molar-refractivity contribution < 1.29 is 9.90 Å². The number of nitrogens with one attached hydrogen (secondary N) is 1. The lowest BCUT2D eigenvalue weighted by atomic mass is 9.77. The molecule has 6 nitrogen and oxygen atoms in total. The van der Waals surface area contributed by atoms with Crippen LogP contribution in [0.3, 0.4) is 0 Å². The Hall–Kier alpha value is -3.38. The van der Waals surface area contributed by atoms with E-state index in [1.54, 1.807) is 19.9 Å². The fourth-order valence-corrected chi connectivity index (χ4v) is 5.75. The van der Waals surface area contributed by atoms with Crippen molar-refractivity contribution in [2.75, 3.05) is 6.54 Å². The first-order chi connectivity index (χ1) is 17.7. The van der Waals surface area contributed by atoms with Gasteiger partial charge >= 0.3 is 6.03 Å². The number of hydrogen-bond donors (Lipinski definition) is 2. The summed E-state index contributed by atoms with van der Waals surface area (Å²) in [6, 6.07) is 22.0. The Kier molecular flexibility index (Phi) is 6.71. The Labute approximate surface area is 218 Å². The van der Waals surface area contributed by atoms with Gasteiger partial charge in [-0.05, 0) is 74.8 Å². The van der Waals surface area contributed by atoms with Crippen LogP contribution in [0.15, 0.2) is 77.7 Å². The van der Waals surface area contributed by atoms with Crippen LogP contribution in [-0.4, -0.2) is 32.8 Å². The van der Waals surface area contributed by atoms with E-state index in [9.17, 15) is 14.7 Å². The summed E-state index contributed by atoms with van der Waals surface area (Å²) in [5, 5.41) is 14.1. The van der Waals surface area contributed by atoms with Crippen molar-refractivity contribution in [3.05, 3.63) is 94.4 Å². The number of hydrogen-bond acceptors (Lipinski definition) is 3. The molecular formula is C31H37N3O3. The van der Waals surface area contributed by atoms with Gasteiger partial charge in [-0.25, -0.2) is 4.79 Å². The highest BCUT2D eigenvalue weighted by Gasteiger charge is 2.42. The minimum absolute atomic E-state index is 0.0554. The van der Waals surface area contributed by atoms with Crippen LogP contribution in [0, 0.1) is 0 Å². The minimum atomic E-state index is -0.929. The predicted molar refractivity (Wildman–Crippen MR) is 146 cm³/mol. The first kappa shape index (κ1) is 25.3. The van der Waals surface area contributed by atoms with Crippen molar-refractivity contribution in [2.45, 2.75) is 76.1 Å². The molecule has 2 amide bonds. The number of benzene rings is 2. The average molecular weight is 500 g/mol. The number of rotatable bonds is 7. The number of aliphatic hydroxyl groups is 1. The predicted octanol–water partition coefficient (Wildman–Crippen LogP) is 5.77. The molecule has 1 aliphatic heterocycles. The van der Waals surface area contributed by atoms with E-state index in [1.165, 1.54) is 0 Å². The topological polar surface area (TPSA) is 74.6 Å². The van der Waals surface area contributed by atoms with Crippen LogP contribution in [-0.2, 0) is 5.54 Å². The van der Waals surface area contributed by atoms with E-state index in [0.29, 0.717) is 19.0 Å². The van der Waals surface area contributed by atoms with Crippen LogP contribution < -0.4 is 10.9 Å². The maximum absolute atomic E-state index is 13.6. The van der Waals surface area contributed by atoms with Crippen molar-refractivity contribution in [3.8, 4) is 11.1 Å². The van der Waals surface area contributed by atoms with Gasteiger partial charge in [-0.15, -0.1) is 0 Å². The number of pyridine rings is 1. The molecule has 1 aliphatic carbocycles. The standard InChI is InChI=1S/C31H37N3O3/c1-22(23-10-12-24(13-11-23)25-14-17-28(35)34(20-25)27-15-16-27)33-19-7-18-31(32-29(33)36,21-30(2,3)37)26-8-5-4-6-9-26/h4-6,8-14,17,20,22,27,37H,7,15-16,18-19,21H2,1-3H3,(H,32,36)/t22-,31?/m0/s1. The summed E-state index contributed by atoms with van der Waals surface area (Å²) >= 11 is 0. The molecule has 2 aliphatic rings. The summed E-state index contributed by atoms with van der Waals surface area (Å²) in [5.74, 6) is 0. The molecule has 1 aromatic heterocycles. The third-order valence-electron chi connectivity index (χ3n) is 7.74. The second-order valence-electron chi connectivity index (χ2n) is 11.4. The lowest BCUT2D eigenvalue weighted by Gasteiger charge is -2.39. The quantitative estimate of drug-likeness (QED) is 0.433. The molecule has 6 heteroatoms. The summed E-state index contributed by atoms with van der Waals surface area (Å²) in [4.78, 5) is 27.7. The van der Waals surface area contributed by atoms with Crippen LogP contribution in [0.2, 0.25) is 0 Å². The Morgan fingerprint density at radius 2 is 1.68 bits per heavy atom. The summed E-state index contributed by atoms with van der Waals surface area (Å²) < 4.78 is 1.85. The second kappa shape index (κ2) is 9.82. The molecule has 3 aromatic rings. The Bertz CT molecular complexity index is 1310. The maximum atomic E-state index is 13.6. The van der Waals surface area contributed by atoms with Gasteiger partial charge in [0, 0.05) is 31.3 Å². The number of amides is 2. The third-order valence-corrected chi connectivity index (χ3v) is 7.74. The lowest BCUT2D eigenvalue weighted by molar-refractivity contribution is 0.0357. The van der Waals surface area contributed by atoms with Crippen LogP contribution in [0.5, 0.6) is 0 Å². The van der Waals surface area contributed by atoms with Gasteiger partial charge in [-0.3, -0.25) is 4.79 Å². The molecule has 194 valence electrons. The zero-order chi connectivity index (χ0) is 26.2. The molecule has 2 atom stereocenters. The van der Waals surface area contributed by atoms with Crippen molar-refractivity contribution in [3.63, 3.8) is 0 Å². The molecular weight excluding hydrogens is 462 g/mol. The Morgan fingerprint density at radius 1 is 1.00 bits per heavy atom. The van der Waals surface area contributed by atoms with Gasteiger partial charge in [0.25, 0.3) is 5.56 Å². The van der Waals surface area contributed by atoms with Crippen LogP contribution >= 0.6 is 0 Å². The van der Waals surface area contributed by atoms with Crippen LogP contribution in [0.4, 0.5) is 4.79 Å². The van der Waals surface area contributed by atoms with Crippen LogP contribution in [0.1, 0.15) is 76.1 Å². The molecule has 2 heterocycles. The number of carbonyl (C=O) groups excluding carboxylic acids is 1. The maximum Gasteiger partial charge on any atom is 0.318 e. The normalized spacial score (nSPS) is 21.3. The number of urea groups is 1. The average Bonchev–Trinajstić information content (AvgIpc) is 3.72. The molecule has 2 N–H and O–H groups in total. The number of nitrogens with zero attached hydrogens (tertiary/aromatic N) is 2. The lowest BCUT2D eigenvalue weighted by Crippen LogP contribution is -2.52. The number of aromatic nitrogens is 1. The molecule has 2 aromatic carbocycles. The second-order valence-corrected chi connectivity index (χ2v) is 11.4. The largest absolute Gasteiger partial charge is 0.390 e. The Balaban J connectivity index is 1.36. The van der Waals surface area contributed by atoms with Gasteiger partial charge < -0.3 is 19.9 Å². The van der Waals surface area contributed by atoms with Crippen molar-refractivity contribution in [1.82, 2.24) is 14.8 Å². The summed E-state index contributed by atoms with van der Waals surface area (Å²) in [5.41, 5.74) is 2.67. The van der Waals surface area contributed by atoms with Gasteiger partial charge in [-0.2, -0.15) is 0 Å². The minimum Gasteiger partial charge on any atom is -0.390 e. The first-order valence-corrected chi connectivity index (χ1v) is 13.3. The highest BCUT2D eigenvalue weighted by Crippen LogP contribution is 2.38. The smallest absolute Gasteiger partial charge is 0.318 e. The van der Waals surface area contributed by atoms with Gasteiger partial charge in [0.15, 0.2) is 0 Å². The molecule has 37 heavy (non-hydrogen) atoms. The highest BCUT2D eigenvalue weighted by atomic mass is 16.3. The van der Waals surface area contributed by atoms with E-state index in [-0.39, 0.29) is 17.6 Å². The van der Waals surface area contributed by atoms with Crippen LogP contribution in [0.25, 0.3) is 11.1 Å². The van der Waals surface area contributed by atoms with Gasteiger partial charge in [0.2, 0.25) is 0 Å². The van der Waals surface area contributed by atoms with E-state index < -0.39 is 11.1 Å². The zero-order valence-corrected chi connectivity index (χ0v) is 22.0. The Morgan fingerprint density at radius 3 is 2.32 bits per heavy atom. The first-order valence-electron chi connectivity index (χ1n) is 13.3. The summed E-state index contributed by atoms with van der Waals surface area (Å²) in [6.07, 6.45) is 6.13. The molecule has 1 unspecified atom stereocenters. The third kappa shape index (κ3) is 5.49. The molecule has 0 radical (unpaired) electrons. The molecule has 1 saturated heterocycles. The van der Waals surface area contributed by atoms with E-state index in [4.69, 9.17) is 0 Å².